The van der Waals surface area contributed by atoms with Crippen molar-refractivity contribution in [3.05, 3.63) is 0 Å². The molecule has 0 aliphatic heterocycles. The Morgan fingerprint density at radius 1 is 0.654 bits per heavy atom. The van der Waals surface area contributed by atoms with Crippen LogP contribution in [0, 0.1) is 23.7 Å². The third kappa shape index (κ3) is 5.49. The van der Waals surface area contributed by atoms with Crippen molar-refractivity contribution in [3.8, 4) is 0 Å². The van der Waals surface area contributed by atoms with Crippen LogP contribution >= 0.6 is 0 Å². The fraction of sp³-hybridized carbons (Fsp3) is 1.00. The van der Waals surface area contributed by atoms with Crippen LogP contribution in [0.15, 0.2) is 0 Å². The Bertz CT molecular complexity index is 362. The summed E-state index contributed by atoms with van der Waals surface area (Å²) < 4.78 is 6.43. The molecule has 0 saturated heterocycles. The lowest BCUT2D eigenvalue weighted by Crippen LogP contribution is -2.44. The molecule has 3 rings (SSSR count). The third-order valence-corrected chi connectivity index (χ3v) is 8.37. The molecule has 0 amide bonds. The van der Waals surface area contributed by atoms with Crippen LogP contribution in [0.1, 0.15) is 123 Å². The lowest BCUT2D eigenvalue weighted by atomic mass is 9.67. The first-order chi connectivity index (χ1) is 12.8. The first kappa shape index (κ1) is 20.7. The molecular formula is C25H46O. The average Bonchev–Trinajstić information content (AvgIpc) is 2.69. The summed E-state index contributed by atoms with van der Waals surface area (Å²) in [7, 11) is 0. The molecule has 0 unspecified atom stereocenters. The molecule has 0 bridgehead atoms. The highest BCUT2D eigenvalue weighted by atomic mass is 16.5. The van der Waals surface area contributed by atoms with E-state index in [1.165, 1.54) is 109 Å². The van der Waals surface area contributed by atoms with Crippen LogP contribution in [-0.4, -0.2) is 12.2 Å². The van der Waals surface area contributed by atoms with Gasteiger partial charge in [-0.25, -0.2) is 0 Å². The number of rotatable bonds is 8. The molecule has 152 valence electrons. The maximum atomic E-state index is 6.43. The minimum Gasteiger partial charge on any atom is -0.375 e. The Balaban J connectivity index is 1.37. The molecule has 0 aromatic heterocycles. The summed E-state index contributed by atoms with van der Waals surface area (Å²) in [5.41, 5.74) is 0.273. The zero-order valence-electron chi connectivity index (χ0n) is 17.9. The first-order valence-electron chi connectivity index (χ1n) is 12.4. The number of ether oxygens (including phenoxy) is 1. The van der Waals surface area contributed by atoms with E-state index >= 15 is 0 Å². The molecule has 3 aliphatic carbocycles. The van der Waals surface area contributed by atoms with Crippen molar-refractivity contribution < 1.29 is 4.74 Å². The van der Waals surface area contributed by atoms with Crippen molar-refractivity contribution in [2.45, 2.75) is 129 Å². The van der Waals surface area contributed by atoms with Gasteiger partial charge >= 0.3 is 0 Å². The molecule has 3 saturated carbocycles. The minimum atomic E-state index is 0.273. The van der Waals surface area contributed by atoms with E-state index in [4.69, 9.17) is 4.74 Å². The molecule has 26 heavy (non-hydrogen) atoms. The van der Waals surface area contributed by atoms with Crippen molar-refractivity contribution in [2.75, 3.05) is 6.61 Å². The molecule has 0 atom stereocenters. The summed E-state index contributed by atoms with van der Waals surface area (Å²) in [6, 6.07) is 0. The molecule has 0 radical (unpaired) electrons. The minimum absolute atomic E-state index is 0.273. The molecular weight excluding hydrogens is 316 g/mol. The molecule has 0 N–H and O–H groups in total. The summed E-state index contributed by atoms with van der Waals surface area (Å²) in [6.45, 7) is 5.48. The highest BCUT2D eigenvalue weighted by Gasteiger charge is 2.41. The monoisotopic (exact) mass is 362 g/mol. The van der Waals surface area contributed by atoms with E-state index in [2.05, 4.69) is 13.8 Å². The zero-order valence-corrected chi connectivity index (χ0v) is 17.9. The SMILES string of the molecule is CCCC1CCC(CCC2CCC(C3(OCC)CCCCC3)CC2)CC1. The topological polar surface area (TPSA) is 9.23 Å². The molecule has 0 spiro atoms. The highest BCUT2D eigenvalue weighted by molar-refractivity contribution is 4.93. The van der Waals surface area contributed by atoms with E-state index in [0.717, 1.165) is 30.3 Å². The van der Waals surface area contributed by atoms with Gasteiger partial charge in [0.2, 0.25) is 0 Å². The maximum Gasteiger partial charge on any atom is 0.0710 e. The number of hydrogen-bond acceptors (Lipinski definition) is 1. The standard InChI is InChI=1S/C25H46O/c1-3-8-21-9-11-22(12-10-21)13-14-23-15-17-24(18-16-23)25(26-4-2)19-6-5-7-20-25/h21-24H,3-20H2,1-2H3. The van der Waals surface area contributed by atoms with Crippen LogP contribution in [0.2, 0.25) is 0 Å². The smallest absolute Gasteiger partial charge is 0.0710 e. The van der Waals surface area contributed by atoms with Crippen molar-refractivity contribution in [2.24, 2.45) is 23.7 Å². The molecule has 0 aromatic rings. The van der Waals surface area contributed by atoms with Gasteiger partial charge in [-0.1, -0.05) is 90.4 Å². The van der Waals surface area contributed by atoms with Crippen molar-refractivity contribution in [1.29, 1.82) is 0 Å². The lowest BCUT2D eigenvalue weighted by molar-refractivity contribution is -0.117. The Labute approximate surface area is 164 Å². The Kier molecular flexibility index (Phi) is 8.35. The second kappa shape index (κ2) is 10.5. The fourth-order valence-electron chi connectivity index (χ4n) is 6.77. The third-order valence-electron chi connectivity index (χ3n) is 8.37. The Hall–Kier alpha value is -0.0400. The van der Waals surface area contributed by atoms with E-state index in [1.807, 2.05) is 0 Å². The fourth-order valence-corrected chi connectivity index (χ4v) is 6.77. The largest absolute Gasteiger partial charge is 0.375 e. The Morgan fingerprint density at radius 3 is 1.65 bits per heavy atom. The predicted molar refractivity (Wildman–Crippen MR) is 112 cm³/mol. The van der Waals surface area contributed by atoms with Gasteiger partial charge in [0.1, 0.15) is 0 Å². The van der Waals surface area contributed by atoms with E-state index in [9.17, 15) is 0 Å². The zero-order chi connectivity index (χ0) is 18.2. The van der Waals surface area contributed by atoms with Crippen LogP contribution < -0.4 is 0 Å². The van der Waals surface area contributed by atoms with Gasteiger partial charge in [-0.15, -0.1) is 0 Å². The normalized spacial score (nSPS) is 35.3. The van der Waals surface area contributed by atoms with Gasteiger partial charge in [-0.3, -0.25) is 0 Å². The van der Waals surface area contributed by atoms with Crippen LogP contribution in [0.4, 0.5) is 0 Å². The van der Waals surface area contributed by atoms with Crippen molar-refractivity contribution in [1.82, 2.24) is 0 Å². The molecule has 0 heterocycles. The van der Waals surface area contributed by atoms with E-state index in [-0.39, 0.29) is 5.60 Å². The average molecular weight is 363 g/mol. The van der Waals surface area contributed by atoms with E-state index < -0.39 is 0 Å². The van der Waals surface area contributed by atoms with Gasteiger partial charge in [0, 0.05) is 6.61 Å². The summed E-state index contributed by atoms with van der Waals surface area (Å²) in [6.07, 6.45) is 24.9. The van der Waals surface area contributed by atoms with Gasteiger partial charge in [-0.05, 0) is 56.3 Å². The Morgan fingerprint density at radius 2 is 1.15 bits per heavy atom. The first-order valence-corrected chi connectivity index (χ1v) is 12.4. The molecule has 3 fully saturated rings. The van der Waals surface area contributed by atoms with Gasteiger partial charge in [0.25, 0.3) is 0 Å². The van der Waals surface area contributed by atoms with Crippen LogP contribution in [0.5, 0.6) is 0 Å². The van der Waals surface area contributed by atoms with Gasteiger partial charge in [0.15, 0.2) is 0 Å². The van der Waals surface area contributed by atoms with Crippen LogP contribution in [0.3, 0.4) is 0 Å². The lowest BCUT2D eigenvalue weighted by Gasteiger charge is -2.46. The van der Waals surface area contributed by atoms with E-state index in [1.54, 1.807) is 0 Å². The van der Waals surface area contributed by atoms with Crippen molar-refractivity contribution >= 4 is 0 Å². The second-order valence-corrected chi connectivity index (χ2v) is 10.0. The predicted octanol–water partition coefficient (Wildman–Crippen LogP) is 7.92. The summed E-state index contributed by atoms with van der Waals surface area (Å²) >= 11 is 0. The summed E-state index contributed by atoms with van der Waals surface area (Å²) in [5.74, 6) is 4.02. The summed E-state index contributed by atoms with van der Waals surface area (Å²) in [5, 5.41) is 0. The molecule has 1 heteroatoms. The van der Waals surface area contributed by atoms with Gasteiger partial charge in [-0.2, -0.15) is 0 Å². The maximum absolute atomic E-state index is 6.43. The van der Waals surface area contributed by atoms with E-state index in [0.29, 0.717) is 0 Å². The second-order valence-electron chi connectivity index (χ2n) is 10.0. The molecule has 0 aromatic carbocycles. The number of hydrogen-bond donors (Lipinski definition) is 0. The van der Waals surface area contributed by atoms with Crippen LogP contribution in [0.25, 0.3) is 0 Å². The highest BCUT2D eigenvalue weighted by Crippen LogP contribution is 2.46. The molecule has 3 aliphatic rings. The van der Waals surface area contributed by atoms with Gasteiger partial charge in [0.05, 0.1) is 5.60 Å². The summed E-state index contributed by atoms with van der Waals surface area (Å²) in [4.78, 5) is 0. The molecule has 1 nitrogen and oxygen atoms in total. The van der Waals surface area contributed by atoms with Gasteiger partial charge < -0.3 is 4.74 Å². The van der Waals surface area contributed by atoms with Crippen LogP contribution in [-0.2, 0) is 4.74 Å². The van der Waals surface area contributed by atoms with Crippen molar-refractivity contribution in [3.63, 3.8) is 0 Å². The quantitative estimate of drug-likeness (QED) is 0.426.